The van der Waals surface area contributed by atoms with Gasteiger partial charge < -0.3 is 14.0 Å². The molecule has 0 radical (unpaired) electrons. The first-order valence-corrected chi connectivity index (χ1v) is 10.0. The summed E-state index contributed by atoms with van der Waals surface area (Å²) in [5, 5.41) is 7.03. The number of anilines is 1. The topological polar surface area (TPSA) is 90.7 Å². The molecule has 0 saturated heterocycles. The molecule has 1 aromatic heterocycles. The average Bonchev–Trinajstić information content (AvgIpc) is 3.17. The van der Waals surface area contributed by atoms with Crippen LogP contribution in [0.4, 0.5) is 5.88 Å². The molecule has 0 aliphatic carbocycles. The number of carbonyl (C=O) groups excluding carboxylic acids is 2. The van der Waals surface area contributed by atoms with Gasteiger partial charge in [-0.2, -0.15) is 0 Å². The molecule has 31 heavy (non-hydrogen) atoms. The van der Waals surface area contributed by atoms with Crippen molar-refractivity contribution in [1.82, 2.24) is 5.16 Å². The van der Waals surface area contributed by atoms with Crippen molar-refractivity contribution < 1.29 is 23.6 Å². The van der Waals surface area contributed by atoms with E-state index in [2.05, 4.69) is 10.5 Å². The summed E-state index contributed by atoms with van der Waals surface area (Å²) in [6, 6.07) is 14.0. The number of nitrogens with zero attached hydrogens (tertiary/aromatic N) is 1. The van der Waals surface area contributed by atoms with E-state index in [4.69, 9.17) is 25.6 Å². The predicted molar refractivity (Wildman–Crippen MR) is 118 cm³/mol. The van der Waals surface area contributed by atoms with Crippen molar-refractivity contribution in [3.05, 3.63) is 70.8 Å². The minimum atomic E-state index is -0.653. The van der Waals surface area contributed by atoms with E-state index in [0.717, 1.165) is 11.3 Å². The number of amides is 1. The van der Waals surface area contributed by atoms with Crippen LogP contribution in [0.2, 0.25) is 5.02 Å². The molecular formula is C23H21ClN2O5. The first-order chi connectivity index (χ1) is 15.0. The third-order valence-corrected chi connectivity index (χ3v) is 4.40. The Morgan fingerprint density at radius 1 is 1.06 bits per heavy atom. The monoisotopic (exact) mass is 440 g/mol. The van der Waals surface area contributed by atoms with Crippen LogP contribution in [-0.4, -0.2) is 30.2 Å². The van der Waals surface area contributed by atoms with Gasteiger partial charge in [0.25, 0.3) is 5.91 Å². The Bertz CT molecular complexity index is 1070. The highest BCUT2D eigenvalue weighted by atomic mass is 35.5. The van der Waals surface area contributed by atoms with Crippen molar-refractivity contribution in [2.75, 3.05) is 18.5 Å². The minimum absolute atomic E-state index is 0.0342. The molecule has 8 heteroatoms. The highest BCUT2D eigenvalue weighted by Crippen LogP contribution is 2.30. The molecule has 0 aliphatic heterocycles. The Kier molecular flexibility index (Phi) is 7.45. The summed E-state index contributed by atoms with van der Waals surface area (Å²) in [5.74, 6) is -0.484. The van der Waals surface area contributed by atoms with Gasteiger partial charge in [0.05, 0.1) is 13.2 Å². The van der Waals surface area contributed by atoms with Crippen molar-refractivity contribution in [2.45, 2.75) is 13.8 Å². The van der Waals surface area contributed by atoms with Gasteiger partial charge in [0, 0.05) is 16.7 Å². The fourth-order valence-electron chi connectivity index (χ4n) is 2.74. The summed E-state index contributed by atoms with van der Waals surface area (Å²) in [4.78, 5) is 24.9. The summed E-state index contributed by atoms with van der Waals surface area (Å²) in [5.41, 5.74) is 1.69. The van der Waals surface area contributed by atoms with Crippen LogP contribution in [0, 0.1) is 0 Å². The van der Waals surface area contributed by atoms with Crippen molar-refractivity contribution >= 4 is 35.4 Å². The number of nitrogens with one attached hydrogen (secondary N) is 1. The van der Waals surface area contributed by atoms with Crippen LogP contribution in [0.15, 0.2) is 59.1 Å². The summed E-state index contributed by atoms with van der Waals surface area (Å²) < 4.78 is 15.7. The number of carbonyl (C=O) groups is 2. The Morgan fingerprint density at radius 2 is 1.77 bits per heavy atom. The normalized spacial score (nSPS) is 10.8. The predicted octanol–water partition coefficient (Wildman–Crippen LogP) is 5.22. The minimum Gasteiger partial charge on any atom is -0.494 e. The van der Waals surface area contributed by atoms with Crippen LogP contribution in [0.5, 0.6) is 5.75 Å². The Labute approximate surface area is 184 Å². The van der Waals surface area contributed by atoms with Crippen LogP contribution in [0.25, 0.3) is 17.3 Å². The Morgan fingerprint density at radius 3 is 2.42 bits per heavy atom. The molecule has 2 aromatic carbocycles. The molecule has 0 aliphatic rings. The second-order valence-corrected chi connectivity index (χ2v) is 6.72. The Balaban J connectivity index is 1.80. The maximum atomic E-state index is 12.5. The molecule has 0 fully saturated rings. The highest BCUT2D eigenvalue weighted by molar-refractivity contribution is 6.30. The zero-order valence-corrected chi connectivity index (χ0v) is 17.8. The van der Waals surface area contributed by atoms with Crippen LogP contribution in [-0.2, 0) is 9.53 Å². The molecule has 0 spiro atoms. The van der Waals surface area contributed by atoms with E-state index in [-0.39, 0.29) is 23.7 Å². The number of ether oxygens (including phenoxy) is 2. The first kappa shape index (κ1) is 22.1. The summed E-state index contributed by atoms with van der Waals surface area (Å²) in [6.45, 7) is 4.33. The molecule has 1 amide bonds. The van der Waals surface area contributed by atoms with Gasteiger partial charge in [0.2, 0.25) is 5.88 Å². The number of halogens is 1. The molecule has 0 saturated carbocycles. The molecular weight excluding hydrogens is 420 g/mol. The van der Waals surface area contributed by atoms with E-state index in [1.54, 1.807) is 37.3 Å². The number of benzene rings is 2. The molecule has 1 N–H and O–H groups in total. The van der Waals surface area contributed by atoms with Crippen molar-refractivity contribution in [3.63, 3.8) is 0 Å². The maximum Gasteiger partial charge on any atom is 0.346 e. The molecule has 0 bridgehead atoms. The SMILES string of the molecule is CCOC(=O)c1c(-c2ccc(Cl)cc2)noc1NC(=O)/C=C/c1ccc(OCC)cc1. The van der Waals surface area contributed by atoms with Gasteiger partial charge in [-0.05, 0) is 49.8 Å². The number of esters is 1. The van der Waals surface area contributed by atoms with E-state index in [0.29, 0.717) is 17.2 Å². The van der Waals surface area contributed by atoms with E-state index in [1.165, 1.54) is 6.08 Å². The number of hydrogen-bond acceptors (Lipinski definition) is 6. The molecule has 0 unspecified atom stereocenters. The maximum absolute atomic E-state index is 12.5. The summed E-state index contributed by atoms with van der Waals surface area (Å²) >= 11 is 5.93. The summed E-state index contributed by atoms with van der Waals surface area (Å²) in [7, 11) is 0. The van der Waals surface area contributed by atoms with Crippen LogP contribution < -0.4 is 10.1 Å². The van der Waals surface area contributed by atoms with Crippen molar-refractivity contribution in [1.29, 1.82) is 0 Å². The molecule has 3 rings (SSSR count). The number of hydrogen-bond donors (Lipinski definition) is 1. The van der Waals surface area contributed by atoms with Crippen molar-refractivity contribution in [2.24, 2.45) is 0 Å². The lowest BCUT2D eigenvalue weighted by molar-refractivity contribution is -0.112. The quantitative estimate of drug-likeness (QED) is 0.381. The smallest absolute Gasteiger partial charge is 0.346 e. The van der Waals surface area contributed by atoms with Crippen LogP contribution in [0.1, 0.15) is 29.8 Å². The lowest BCUT2D eigenvalue weighted by Crippen LogP contribution is -2.13. The number of aromatic nitrogens is 1. The molecule has 160 valence electrons. The third-order valence-electron chi connectivity index (χ3n) is 4.14. The van der Waals surface area contributed by atoms with Gasteiger partial charge >= 0.3 is 5.97 Å². The standard InChI is InChI=1S/C23H21ClN2O5/c1-3-29-18-12-5-15(6-13-18)7-14-19(27)25-22-20(23(28)30-4-2)21(26-31-22)16-8-10-17(24)11-9-16/h5-14H,3-4H2,1-2H3,(H,25,27)/b14-7+. The van der Waals surface area contributed by atoms with Gasteiger partial charge in [0.15, 0.2) is 5.56 Å². The number of rotatable bonds is 8. The van der Waals surface area contributed by atoms with Gasteiger partial charge in [-0.25, -0.2) is 4.79 Å². The molecule has 3 aromatic rings. The van der Waals surface area contributed by atoms with Gasteiger partial charge in [-0.3, -0.25) is 10.1 Å². The van der Waals surface area contributed by atoms with Crippen LogP contribution >= 0.6 is 11.6 Å². The van der Waals surface area contributed by atoms with Gasteiger partial charge in [-0.1, -0.05) is 41.0 Å². The average molecular weight is 441 g/mol. The first-order valence-electron chi connectivity index (χ1n) is 9.66. The highest BCUT2D eigenvalue weighted by Gasteiger charge is 2.26. The van der Waals surface area contributed by atoms with Gasteiger partial charge in [0.1, 0.15) is 11.4 Å². The summed E-state index contributed by atoms with van der Waals surface area (Å²) in [6.07, 6.45) is 2.96. The molecule has 7 nitrogen and oxygen atoms in total. The van der Waals surface area contributed by atoms with E-state index >= 15 is 0 Å². The van der Waals surface area contributed by atoms with E-state index in [1.807, 2.05) is 31.2 Å². The molecule has 0 atom stereocenters. The van der Waals surface area contributed by atoms with E-state index in [9.17, 15) is 9.59 Å². The fraction of sp³-hybridized carbons (Fsp3) is 0.174. The molecule has 1 heterocycles. The second-order valence-electron chi connectivity index (χ2n) is 6.29. The lowest BCUT2D eigenvalue weighted by atomic mass is 10.1. The zero-order valence-electron chi connectivity index (χ0n) is 17.1. The second kappa shape index (κ2) is 10.4. The van der Waals surface area contributed by atoms with Gasteiger partial charge in [-0.15, -0.1) is 0 Å². The Hall–Kier alpha value is -3.58. The van der Waals surface area contributed by atoms with Crippen LogP contribution in [0.3, 0.4) is 0 Å². The fourth-order valence-corrected chi connectivity index (χ4v) is 2.87. The largest absolute Gasteiger partial charge is 0.494 e. The lowest BCUT2D eigenvalue weighted by Gasteiger charge is -2.05. The third kappa shape index (κ3) is 5.73. The van der Waals surface area contributed by atoms with E-state index < -0.39 is 11.9 Å². The van der Waals surface area contributed by atoms with Crippen molar-refractivity contribution in [3.8, 4) is 17.0 Å². The zero-order chi connectivity index (χ0) is 22.2.